The van der Waals surface area contributed by atoms with Crippen molar-refractivity contribution in [3.63, 3.8) is 0 Å². The fourth-order valence-corrected chi connectivity index (χ4v) is 2.38. The molecule has 3 rings (SSSR count). The lowest BCUT2D eigenvalue weighted by Crippen LogP contribution is -1.92. The summed E-state index contributed by atoms with van der Waals surface area (Å²) in [7, 11) is 0. The standard InChI is InChI=1S/C18H15NO/c20-14-16-9-4-10-18-17(16)11-13-19(18)12-5-8-15-6-2-1-3-7-15/h1-11,13-14H,12H2. The van der Waals surface area contributed by atoms with E-state index in [2.05, 4.69) is 28.9 Å². The third kappa shape index (κ3) is 2.41. The lowest BCUT2D eigenvalue weighted by molar-refractivity contribution is 0.112. The third-order valence-corrected chi connectivity index (χ3v) is 3.39. The highest BCUT2D eigenvalue weighted by Gasteiger charge is 2.03. The molecule has 3 aromatic rings. The SMILES string of the molecule is O=Cc1cccc2c1ccn2CC=Cc1ccccc1. The molecule has 0 unspecified atom stereocenters. The van der Waals surface area contributed by atoms with Crippen molar-refractivity contribution in [2.75, 3.05) is 0 Å². The van der Waals surface area contributed by atoms with Crippen LogP contribution in [-0.2, 0) is 6.54 Å². The van der Waals surface area contributed by atoms with Crippen LogP contribution in [0.2, 0.25) is 0 Å². The van der Waals surface area contributed by atoms with Crippen LogP contribution in [0.4, 0.5) is 0 Å². The molecule has 0 aliphatic rings. The van der Waals surface area contributed by atoms with Crippen LogP contribution >= 0.6 is 0 Å². The molecule has 0 atom stereocenters. The summed E-state index contributed by atoms with van der Waals surface area (Å²) in [5.41, 5.74) is 3.03. The van der Waals surface area contributed by atoms with E-state index >= 15 is 0 Å². The van der Waals surface area contributed by atoms with Crippen LogP contribution in [0.3, 0.4) is 0 Å². The summed E-state index contributed by atoms with van der Waals surface area (Å²) in [5.74, 6) is 0. The van der Waals surface area contributed by atoms with Crippen LogP contribution < -0.4 is 0 Å². The van der Waals surface area contributed by atoms with E-state index in [1.807, 2.05) is 48.7 Å². The van der Waals surface area contributed by atoms with E-state index in [0.29, 0.717) is 0 Å². The van der Waals surface area contributed by atoms with E-state index in [1.165, 1.54) is 5.56 Å². The zero-order valence-corrected chi connectivity index (χ0v) is 11.1. The van der Waals surface area contributed by atoms with Gasteiger partial charge in [0.05, 0.1) is 0 Å². The fraction of sp³-hybridized carbons (Fsp3) is 0.0556. The van der Waals surface area contributed by atoms with Crippen molar-refractivity contribution in [2.24, 2.45) is 0 Å². The lowest BCUT2D eigenvalue weighted by Gasteiger charge is -2.02. The molecule has 0 amide bonds. The molecule has 0 saturated carbocycles. The minimum atomic E-state index is 0.744. The Morgan fingerprint density at radius 3 is 2.60 bits per heavy atom. The van der Waals surface area contributed by atoms with Crippen LogP contribution in [-0.4, -0.2) is 10.9 Å². The molecule has 98 valence electrons. The zero-order valence-electron chi connectivity index (χ0n) is 11.1. The highest BCUT2D eigenvalue weighted by Crippen LogP contribution is 2.19. The van der Waals surface area contributed by atoms with Crippen LogP contribution in [0, 0.1) is 0 Å². The number of allylic oxidation sites excluding steroid dienone is 1. The largest absolute Gasteiger partial charge is 0.344 e. The van der Waals surface area contributed by atoms with E-state index in [1.54, 1.807) is 0 Å². The number of rotatable bonds is 4. The summed E-state index contributed by atoms with van der Waals surface area (Å²) in [6, 6.07) is 18.0. The predicted molar refractivity (Wildman–Crippen MR) is 82.8 cm³/mol. The van der Waals surface area contributed by atoms with E-state index in [-0.39, 0.29) is 0 Å². The summed E-state index contributed by atoms with van der Waals surface area (Å²) in [4.78, 5) is 11.0. The van der Waals surface area contributed by atoms with Gasteiger partial charge in [0.15, 0.2) is 6.29 Å². The molecule has 2 heteroatoms. The van der Waals surface area contributed by atoms with E-state index in [0.717, 1.165) is 29.3 Å². The van der Waals surface area contributed by atoms with Crippen LogP contribution in [0.5, 0.6) is 0 Å². The van der Waals surface area contributed by atoms with Gasteiger partial charge in [-0.15, -0.1) is 0 Å². The smallest absolute Gasteiger partial charge is 0.150 e. The number of hydrogen-bond acceptors (Lipinski definition) is 1. The van der Waals surface area contributed by atoms with E-state index in [9.17, 15) is 4.79 Å². The minimum Gasteiger partial charge on any atom is -0.344 e. The number of benzene rings is 2. The van der Waals surface area contributed by atoms with Crippen molar-refractivity contribution in [3.05, 3.63) is 78.0 Å². The molecule has 0 fully saturated rings. The summed E-state index contributed by atoms with van der Waals surface area (Å²) >= 11 is 0. The number of carbonyl (C=O) groups excluding carboxylic acids is 1. The van der Waals surface area contributed by atoms with Crippen LogP contribution in [0.25, 0.3) is 17.0 Å². The van der Waals surface area contributed by atoms with Crippen LogP contribution in [0.1, 0.15) is 15.9 Å². The Kier molecular flexibility index (Phi) is 3.46. The summed E-state index contributed by atoms with van der Waals surface area (Å²) in [6.45, 7) is 0.792. The molecule has 0 aliphatic heterocycles. The quantitative estimate of drug-likeness (QED) is 0.646. The second kappa shape index (κ2) is 5.57. The molecule has 0 N–H and O–H groups in total. The first-order chi connectivity index (χ1) is 9.88. The van der Waals surface area contributed by atoms with Crippen molar-refractivity contribution in [1.82, 2.24) is 4.57 Å². The first kappa shape index (κ1) is 12.4. The van der Waals surface area contributed by atoms with Gasteiger partial charge in [-0.1, -0.05) is 54.6 Å². The molecule has 1 aromatic heterocycles. The van der Waals surface area contributed by atoms with Crippen LogP contribution in [0.15, 0.2) is 66.9 Å². The lowest BCUT2D eigenvalue weighted by atomic mass is 10.1. The van der Waals surface area contributed by atoms with Crippen molar-refractivity contribution < 1.29 is 4.79 Å². The van der Waals surface area contributed by atoms with Gasteiger partial charge in [-0.2, -0.15) is 0 Å². The number of aromatic nitrogens is 1. The summed E-state index contributed by atoms with van der Waals surface area (Å²) in [5, 5.41) is 1.01. The van der Waals surface area contributed by atoms with Gasteiger partial charge in [0.25, 0.3) is 0 Å². The zero-order chi connectivity index (χ0) is 13.8. The fourth-order valence-electron chi connectivity index (χ4n) is 2.38. The predicted octanol–water partition coefficient (Wildman–Crippen LogP) is 4.17. The number of fused-ring (bicyclic) bond motifs is 1. The maximum absolute atomic E-state index is 11.0. The van der Waals surface area contributed by atoms with E-state index < -0.39 is 0 Å². The molecule has 0 aliphatic carbocycles. The minimum absolute atomic E-state index is 0.744. The molecule has 0 saturated heterocycles. The maximum Gasteiger partial charge on any atom is 0.150 e. The average Bonchev–Trinajstić information content (AvgIpc) is 2.92. The number of carbonyl (C=O) groups is 1. The van der Waals surface area contributed by atoms with E-state index in [4.69, 9.17) is 0 Å². The third-order valence-electron chi connectivity index (χ3n) is 3.39. The maximum atomic E-state index is 11.0. The Balaban J connectivity index is 1.85. The van der Waals surface area contributed by atoms with Crippen molar-refractivity contribution in [1.29, 1.82) is 0 Å². The average molecular weight is 261 g/mol. The first-order valence-corrected chi connectivity index (χ1v) is 6.63. The first-order valence-electron chi connectivity index (χ1n) is 6.63. The molecule has 1 heterocycles. The second-order valence-corrected chi connectivity index (χ2v) is 4.68. The Morgan fingerprint density at radius 1 is 0.950 bits per heavy atom. The van der Waals surface area contributed by atoms with Crippen molar-refractivity contribution >= 4 is 23.3 Å². The van der Waals surface area contributed by atoms with Gasteiger partial charge in [-0.25, -0.2) is 0 Å². The molecule has 2 nitrogen and oxygen atoms in total. The second-order valence-electron chi connectivity index (χ2n) is 4.68. The molecule has 0 spiro atoms. The Morgan fingerprint density at radius 2 is 1.80 bits per heavy atom. The molecule has 20 heavy (non-hydrogen) atoms. The Labute approximate surface area is 118 Å². The van der Waals surface area contributed by atoms with Gasteiger partial charge in [0, 0.05) is 29.2 Å². The Hall–Kier alpha value is -2.61. The molecule has 0 bridgehead atoms. The number of hydrogen-bond donors (Lipinski definition) is 0. The Bertz CT molecular complexity index is 753. The number of aldehydes is 1. The highest BCUT2D eigenvalue weighted by atomic mass is 16.1. The molecule has 0 radical (unpaired) electrons. The monoisotopic (exact) mass is 261 g/mol. The molecular weight excluding hydrogens is 246 g/mol. The van der Waals surface area contributed by atoms with Gasteiger partial charge in [-0.3, -0.25) is 4.79 Å². The van der Waals surface area contributed by atoms with Crippen molar-refractivity contribution in [3.8, 4) is 0 Å². The normalized spacial score (nSPS) is 11.2. The van der Waals surface area contributed by atoms with Gasteiger partial charge < -0.3 is 4.57 Å². The highest BCUT2D eigenvalue weighted by molar-refractivity contribution is 5.97. The number of nitrogens with zero attached hydrogens (tertiary/aromatic N) is 1. The molecule has 2 aromatic carbocycles. The van der Waals surface area contributed by atoms with Gasteiger partial charge >= 0.3 is 0 Å². The molecular formula is C18H15NO. The summed E-state index contributed by atoms with van der Waals surface area (Å²) in [6.07, 6.45) is 7.16. The topological polar surface area (TPSA) is 22.0 Å². The van der Waals surface area contributed by atoms with Crippen molar-refractivity contribution in [2.45, 2.75) is 6.54 Å². The van der Waals surface area contributed by atoms with Gasteiger partial charge in [0.1, 0.15) is 0 Å². The van der Waals surface area contributed by atoms with Gasteiger partial charge in [0.2, 0.25) is 0 Å². The summed E-state index contributed by atoms with van der Waals surface area (Å²) < 4.78 is 2.14. The van der Waals surface area contributed by atoms with Gasteiger partial charge in [-0.05, 0) is 17.7 Å².